The SMILES string of the molecule is CN1CCCN(C2CCCC2C#N)CC1. The molecule has 0 bridgehead atoms. The van der Waals surface area contributed by atoms with E-state index in [1.54, 1.807) is 0 Å². The van der Waals surface area contributed by atoms with Crippen LogP contribution in [0, 0.1) is 17.2 Å². The summed E-state index contributed by atoms with van der Waals surface area (Å²) in [5.74, 6) is 0.299. The zero-order valence-electron chi connectivity index (χ0n) is 9.65. The highest BCUT2D eigenvalue weighted by Gasteiger charge is 2.32. The summed E-state index contributed by atoms with van der Waals surface area (Å²) in [5.41, 5.74) is 0. The Balaban J connectivity index is 1.94. The summed E-state index contributed by atoms with van der Waals surface area (Å²) >= 11 is 0. The van der Waals surface area contributed by atoms with Crippen LogP contribution in [0.1, 0.15) is 25.7 Å². The van der Waals surface area contributed by atoms with Crippen molar-refractivity contribution in [3.05, 3.63) is 0 Å². The molecule has 1 aliphatic carbocycles. The minimum atomic E-state index is 0.299. The Morgan fingerprint density at radius 3 is 2.73 bits per heavy atom. The number of hydrogen-bond donors (Lipinski definition) is 0. The first-order chi connectivity index (χ1) is 7.31. The fourth-order valence-corrected chi connectivity index (χ4v) is 2.93. The number of hydrogen-bond acceptors (Lipinski definition) is 3. The van der Waals surface area contributed by atoms with Gasteiger partial charge in [0.25, 0.3) is 0 Å². The van der Waals surface area contributed by atoms with Crippen LogP contribution in [0.5, 0.6) is 0 Å². The molecule has 2 unspecified atom stereocenters. The monoisotopic (exact) mass is 207 g/mol. The van der Waals surface area contributed by atoms with E-state index >= 15 is 0 Å². The lowest BCUT2D eigenvalue weighted by molar-refractivity contribution is 0.184. The zero-order valence-corrected chi connectivity index (χ0v) is 9.65. The minimum Gasteiger partial charge on any atom is -0.305 e. The van der Waals surface area contributed by atoms with Crippen molar-refractivity contribution in [3.8, 4) is 6.07 Å². The minimum absolute atomic E-state index is 0.299. The van der Waals surface area contributed by atoms with Crippen molar-refractivity contribution >= 4 is 0 Å². The first-order valence-corrected chi connectivity index (χ1v) is 6.13. The van der Waals surface area contributed by atoms with E-state index in [9.17, 15) is 0 Å². The standard InChI is InChI=1S/C12H21N3/c1-14-6-3-7-15(9-8-14)12-5-2-4-11(12)10-13/h11-12H,2-9H2,1H3. The van der Waals surface area contributed by atoms with Crippen molar-refractivity contribution in [1.29, 1.82) is 5.26 Å². The van der Waals surface area contributed by atoms with Crippen LogP contribution in [-0.4, -0.2) is 49.1 Å². The number of nitriles is 1. The normalized spacial score (nSPS) is 34.9. The summed E-state index contributed by atoms with van der Waals surface area (Å²) in [6.07, 6.45) is 4.86. The van der Waals surface area contributed by atoms with Gasteiger partial charge in [0.15, 0.2) is 0 Å². The molecule has 2 fully saturated rings. The van der Waals surface area contributed by atoms with E-state index in [0.717, 1.165) is 19.5 Å². The summed E-state index contributed by atoms with van der Waals surface area (Å²) in [6.45, 7) is 4.71. The van der Waals surface area contributed by atoms with Crippen LogP contribution in [0.25, 0.3) is 0 Å². The topological polar surface area (TPSA) is 30.3 Å². The third kappa shape index (κ3) is 2.50. The highest BCUT2D eigenvalue weighted by atomic mass is 15.2. The lowest BCUT2D eigenvalue weighted by atomic mass is 10.0. The molecule has 0 aromatic carbocycles. The molecule has 3 heteroatoms. The second kappa shape index (κ2) is 4.96. The molecule has 84 valence electrons. The molecule has 1 saturated heterocycles. The average Bonchev–Trinajstić information content (AvgIpc) is 2.61. The van der Waals surface area contributed by atoms with Gasteiger partial charge >= 0.3 is 0 Å². The van der Waals surface area contributed by atoms with E-state index in [-0.39, 0.29) is 0 Å². The summed E-state index contributed by atoms with van der Waals surface area (Å²) in [6, 6.07) is 3.04. The summed E-state index contributed by atoms with van der Waals surface area (Å²) in [5, 5.41) is 9.10. The van der Waals surface area contributed by atoms with Crippen LogP contribution in [0.4, 0.5) is 0 Å². The van der Waals surface area contributed by atoms with E-state index in [0.29, 0.717) is 12.0 Å². The molecule has 1 saturated carbocycles. The maximum Gasteiger partial charge on any atom is 0.0672 e. The molecule has 2 aliphatic rings. The van der Waals surface area contributed by atoms with E-state index < -0.39 is 0 Å². The number of likely N-dealkylation sites (N-methyl/N-ethyl adjacent to an activating group) is 1. The molecule has 15 heavy (non-hydrogen) atoms. The molecule has 1 aliphatic heterocycles. The predicted molar refractivity (Wildman–Crippen MR) is 60.4 cm³/mol. The van der Waals surface area contributed by atoms with Gasteiger partial charge in [0, 0.05) is 19.1 Å². The van der Waals surface area contributed by atoms with Gasteiger partial charge in [-0.1, -0.05) is 6.42 Å². The first-order valence-electron chi connectivity index (χ1n) is 6.13. The van der Waals surface area contributed by atoms with Gasteiger partial charge in [0.05, 0.1) is 12.0 Å². The van der Waals surface area contributed by atoms with Gasteiger partial charge in [-0.25, -0.2) is 0 Å². The van der Waals surface area contributed by atoms with Crippen molar-refractivity contribution in [3.63, 3.8) is 0 Å². The zero-order chi connectivity index (χ0) is 10.7. The molecule has 2 atom stereocenters. The Morgan fingerprint density at radius 2 is 1.93 bits per heavy atom. The lowest BCUT2D eigenvalue weighted by Gasteiger charge is -2.29. The lowest BCUT2D eigenvalue weighted by Crippen LogP contribution is -2.39. The second-order valence-electron chi connectivity index (χ2n) is 4.93. The number of rotatable bonds is 1. The highest BCUT2D eigenvalue weighted by molar-refractivity contribution is 4.97. The first kappa shape index (κ1) is 10.9. The third-order valence-corrected chi connectivity index (χ3v) is 3.87. The molecule has 1 heterocycles. The Bertz CT molecular complexity index is 246. The quantitative estimate of drug-likeness (QED) is 0.649. The predicted octanol–water partition coefficient (Wildman–Crippen LogP) is 1.32. The molecule has 0 spiro atoms. The van der Waals surface area contributed by atoms with Crippen molar-refractivity contribution < 1.29 is 0 Å². The van der Waals surface area contributed by atoms with Gasteiger partial charge in [0.2, 0.25) is 0 Å². The van der Waals surface area contributed by atoms with Crippen molar-refractivity contribution in [2.45, 2.75) is 31.7 Å². The van der Waals surface area contributed by atoms with Crippen molar-refractivity contribution in [2.24, 2.45) is 5.92 Å². The fraction of sp³-hybridized carbons (Fsp3) is 0.917. The molecule has 3 nitrogen and oxygen atoms in total. The molecule has 0 aromatic rings. The van der Waals surface area contributed by atoms with Gasteiger partial charge in [0.1, 0.15) is 0 Å². The van der Waals surface area contributed by atoms with Crippen LogP contribution in [-0.2, 0) is 0 Å². The molecule has 0 radical (unpaired) electrons. The van der Waals surface area contributed by atoms with E-state index in [1.807, 2.05) is 0 Å². The highest BCUT2D eigenvalue weighted by Crippen LogP contribution is 2.29. The molecule has 2 rings (SSSR count). The Hall–Kier alpha value is -0.590. The van der Waals surface area contributed by atoms with Gasteiger partial charge in [-0.2, -0.15) is 5.26 Å². The molecule has 0 amide bonds. The van der Waals surface area contributed by atoms with E-state index in [1.165, 1.54) is 32.4 Å². The van der Waals surface area contributed by atoms with Crippen LogP contribution in [0.3, 0.4) is 0 Å². The molecular formula is C12H21N3. The Kier molecular flexibility index (Phi) is 3.61. The van der Waals surface area contributed by atoms with Crippen LogP contribution >= 0.6 is 0 Å². The van der Waals surface area contributed by atoms with Gasteiger partial charge in [-0.15, -0.1) is 0 Å². The molecular weight excluding hydrogens is 186 g/mol. The third-order valence-electron chi connectivity index (χ3n) is 3.87. The fourth-order valence-electron chi connectivity index (χ4n) is 2.93. The van der Waals surface area contributed by atoms with Crippen LogP contribution in [0.2, 0.25) is 0 Å². The van der Waals surface area contributed by atoms with Crippen molar-refractivity contribution in [1.82, 2.24) is 9.80 Å². The van der Waals surface area contributed by atoms with Gasteiger partial charge in [-0.3, -0.25) is 4.90 Å². The van der Waals surface area contributed by atoms with Crippen LogP contribution in [0.15, 0.2) is 0 Å². The Morgan fingerprint density at radius 1 is 1.07 bits per heavy atom. The maximum absolute atomic E-state index is 9.10. The van der Waals surface area contributed by atoms with E-state index in [2.05, 4.69) is 22.9 Å². The number of nitrogens with zero attached hydrogens (tertiary/aromatic N) is 3. The van der Waals surface area contributed by atoms with E-state index in [4.69, 9.17) is 5.26 Å². The summed E-state index contributed by atoms with van der Waals surface area (Å²) in [7, 11) is 2.19. The summed E-state index contributed by atoms with van der Waals surface area (Å²) < 4.78 is 0. The Labute approximate surface area is 92.7 Å². The van der Waals surface area contributed by atoms with Gasteiger partial charge < -0.3 is 4.90 Å². The van der Waals surface area contributed by atoms with Gasteiger partial charge in [-0.05, 0) is 39.4 Å². The summed E-state index contributed by atoms with van der Waals surface area (Å²) in [4.78, 5) is 4.96. The van der Waals surface area contributed by atoms with Crippen LogP contribution < -0.4 is 0 Å². The smallest absolute Gasteiger partial charge is 0.0672 e. The second-order valence-corrected chi connectivity index (χ2v) is 4.93. The molecule has 0 aromatic heterocycles. The molecule has 0 N–H and O–H groups in total. The maximum atomic E-state index is 9.10. The largest absolute Gasteiger partial charge is 0.305 e. The average molecular weight is 207 g/mol. The van der Waals surface area contributed by atoms with Crippen molar-refractivity contribution in [2.75, 3.05) is 33.2 Å².